The van der Waals surface area contributed by atoms with Gasteiger partial charge in [-0.25, -0.2) is 14.5 Å². The number of carboxylic acids is 1. The lowest BCUT2D eigenvalue weighted by molar-refractivity contribution is -0.385. The standard InChI is InChI=1S/C17H10F3N5O2.C2HF3O2/c18-17(19,20)14-7-11(25(26)27)1-2-15(14)24-9-10(8-23-24)12-3-5-21-16-13(12)4-6-22-16;3-2(4,5)1(6)7/h1-9H,(H,21,22);(H,6,7). The van der Waals surface area contributed by atoms with Gasteiger partial charge in [0, 0.05) is 41.7 Å². The van der Waals surface area contributed by atoms with E-state index in [1.165, 1.54) is 12.4 Å². The van der Waals surface area contributed by atoms with E-state index in [1.807, 2.05) is 6.07 Å². The number of non-ortho nitro benzene ring substituents is 1. The first-order valence-corrected chi connectivity index (χ1v) is 8.92. The number of pyridine rings is 1. The molecule has 3 aromatic heterocycles. The second-order valence-corrected chi connectivity index (χ2v) is 6.53. The third kappa shape index (κ3) is 5.13. The maximum Gasteiger partial charge on any atom is 0.490 e. The molecule has 0 aliphatic heterocycles. The average Bonchev–Trinajstić information content (AvgIpc) is 3.42. The van der Waals surface area contributed by atoms with Crippen LogP contribution < -0.4 is 0 Å². The van der Waals surface area contributed by atoms with Gasteiger partial charge in [0.05, 0.1) is 22.4 Å². The monoisotopic (exact) mass is 487 g/mol. The first-order chi connectivity index (χ1) is 15.8. The molecule has 0 radical (unpaired) electrons. The summed E-state index contributed by atoms with van der Waals surface area (Å²) in [6, 6.07) is 6.10. The number of aliphatic carboxylic acids is 1. The van der Waals surface area contributed by atoms with Crippen LogP contribution in [0.25, 0.3) is 27.8 Å². The van der Waals surface area contributed by atoms with Crippen molar-refractivity contribution in [2.75, 3.05) is 0 Å². The van der Waals surface area contributed by atoms with Gasteiger partial charge >= 0.3 is 18.3 Å². The van der Waals surface area contributed by atoms with Gasteiger partial charge in [-0.3, -0.25) is 10.1 Å². The summed E-state index contributed by atoms with van der Waals surface area (Å²) in [5.74, 6) is -2.76. The van der Waals surface area contributed by atoms with E-state index < -0.39 is 34.5 Å². The van der Waals surface area contributed by atoms with E-state index in [0.29, 0.717) is 17.3 Å². The Morgan fingerprint density at radius 1 is 1.12 bits per heavy atom. The van der Waals surface area contributed by atoms with E-state index in [2.05, 4.69) is 15.1 Å². The predicted octanol–water partition coefficient (Wildman–Crippen LogP) is 4.98. The van der Waals surface area contributed by atoms with Crippen molar-refractivity contribution < 1.29 is 41.2 Å². The van der Waals surface area contributed by atoms with E-state index in [0.717, 1.165) is 27.8 Å². The van der Waals surface area contributed by atoms with Gasteiger partial charge in [0.25, 0.3) is 5.69 Å². The molecule has 1 aromatic carbocycles. The van der Waals surface area contributed by atoms with E-state index in [1.54, 1.807) is 18.5 Å². The summed E-state index contributed by atoms with van der Waals surface area (Å²) in [7, 11) is 0. The molecule has 4 aromatic rings. The van der Waals surface area contributed by atoms with Crippen LogP contribution in [0, 0.1) is 10.1 Å². The fraction of sp³-hybridized carbons (Fsp3) is 0.105. The first-order valence-electron chi connectivity index (χ1n) is 8.92. The number of nitrogens with zero attached hydrogens (tertiary/aromatic N) is 4. The molecule has 0 unspecified atom stereocenters. The normalized spacial score (nSPS) is 11.7. The molecule has 15 heteroatoms. The van der Waals surface area contributed by atoms with Crippen molar-refractivity contribution in [1.82, 2.24) is 19.7 Å². The summed E-state index contributed by atoms with van der Waals surface area (Å²) in [6.45, 7) is 0. The Labute approximate surface area is 184 Å². The zero-order valence-electron chi connectivity index (χ0n) is 16.4. The second kappa shape index (κ2) is 8.84. The Morgan fingerprint density at radius 2 is 1.79 bits per heavy atom. The molecule has 0 saturated heterocycles. The van der Waals surface area contributed by atoms with Crippen LogP contribution in [0.1, 0.15) is 5.56 Å². The number of nitrogens with one attached hydrogen (secondary N) is 1. The summed E-state index contributed by atoms with van der Waals surface area (Å²) in [4.78, 5) is 26.0. The van der Waals surface area contributed by atoms with Crippen molar-refractivity contribution >= 4 is 22.7 Å². The Hall–Kier alpha value is -4.43. The Bertz CT molecular complexity index is 1360. The highest BCUT2D eigenvalue weighted by Gasteiger charge is 2.38. The van der Waals surface area contributed by atoms with Crippen LogP contribution in [-0.4, -0.2) is 41.9 Å². The topological polar surface area (TPSA) is 127 Å². The number of benzene rings is 1. The number of aromatic nitrogens is 4. The molecule has 0 bridgehead atoms. The van der Waals surface area contributed by atoms with Crippen LogP contribution in [-0.2, 0) is 11.0 Å². The van der Waals surface area contributed by atoms with Crippen molar-refractivity contribution in [2.24, 2.45) is 0 Å². The number of alkyl halides is 6. The van der Waals surface area contributed by atoms with Crippen LogP contribution in [0.4, 0.5) is 32.0 Å². The fourth-order valence-electron chi connectivity index (χ4n) is 2.87. The third-order valence-electron chi connectivity index (χ3n) is 4.34. The van der Waals surface area contributed by atoms with Gasteiger partial charge in [-0.05, 0) is 23.8 Å². The molecule has 0 atom stereocenters. The number of H-pyrrole nitrogens is 1. The summed E-state index contributed by atoms with van der Waals surface area (Å²) >= 11 is 0. The number of nitro groups is 1. The van der Waals surface area contributed by atoms with Crippen LogP contribution in [0.5, 0.6) is 0 Å². The summed E-state index contributed by atoms with van der Waals surface area (Å²) < 4.78 is 73.0. The molecule has 9 nitrogen and oxygen atoms in total. The minimum atomic E-state index is -5.08. The molecule has 0 aliphatic carbocycles. The molecule has 0 fully saturated rings. The number of fused-ring (bicyclic) bond motifs is 1. The van der Waals surface area contributed by atoms with Crippen LogP contribution in [0.2, 0.25) is 0 Å². The van der Waals surface area contributed by atoms with Gasteiger partial charge in [0.1, 0.15) is 5.65 Å². The van der Waals surface area contributed by atoms with E-state index in [-0.39, 0.29) is 5.69 Å². The number of aromatic amines is 1. The fourth-order valence-corrected chi connectivity index (χ4v) is 2.87. The molecule has 2 N–H and O–H groups in total. The largest absolute Gasteiger partial charge is 0.490 e. The first kappa shape index (κ1) is 24.2. The zero-order valence-corrected chi connectivity index (χ0v) is 16.4. The Balaban J connectivity index is 0.000000406. The number of carboxylic acid groups (broad SMARTS) is 1. The number of carbonyl (C=O) groups is 1. The van der Waals surface area contributed by atoms with Gasteiger partial charge in [-0.15, -0.1) is 0 Å². The van der Waals surface area contributed by atoms with E-state index in [9.17, 15) is 36.5 Å². The number of nitro benzene ring substituents is 1. The minimum absolute atomic E-state index is 0.293. The predicted molar refractivity (Wildman–Crippen MR) is 104 cm³/mol. The van der Waals surface area contributed by atoms with Crippen molar-refractivity contribution in [3.05, 3.63) is 70.8 Å². The SMILES string of the molecule is O=C(O)C(F)(F)F.O=[N+]([O-])c1ccc(-n2cc(-c3ccnc4[nH]ccc34)cn2)c(C(F)(F)F)c1. The number of halogens is 6. The summed E-state index contributed by atoms with van der Waals surface area (Å²) in [5, 5.41) is 22.8. The van der Waals surface area contributed by atoms with Gasteiger partial charge < -0.3 is 10.1 Å². The average molecular weight is 487 g/mol. The molecule has 0 amide bonds. The molecule has 0 aliphatic rings. The lowest BCUT2D eigenvalue weighted by Gasteiger charge is -2.12. The summed E-state index contributed by atoms with van der Waals surface area (Å²) in [6.07, 6.45) is -3.68. The molecule has 0 saturated carbocycles. The zero-order chi connectivity index (χ0) is 25.3. The minimum Gasteiger partial charge on any atom is -0.475 e. The third-order valence-corrected chi connectivity index (χ3v) is 4.34. The van der Waals surface area contributed by atoms with Crippen molar-refractivity contribution in [2.45, 2.75) is 12.4 Å². The quantitative estimate of drug-likeness (QED) is 0.239. The number of rotatable bonds is 3. The van der Waals surface area contributed by atoms with Crippen LogP contribution in [0.15, 0.2) is 55.1 Å². The number of hydrogen-bond donors (Lipinski definition) is 2. The second-order valence-electron chi connectivity index (χ2n) is 6.53. The van der Waals surface area contributed by atoms with Gasteiger partial charge in [0.15, 0.2) is 0 Å². The van der Waals surface area contributed by atoms with Crippen molar-refractivity contribution in [3.8, 4) is 16.8 Å². The highest BCUT2D eigenvalue weighted by Crippen LogP contribution is 2.36. The highest BCUT2D eigenvalue weighted by atomic mass is 19.4. The molecule has 0 spiro atoms. The Morgan fingerprint density at radius 3 is 2.38 bits per heavy atom. The van der Waals surface area contributed by atoms with E-state index in [4.69, 9.17) is 9.90 Å². The molecular weight excluding hydrogens is 476 g/mol. The maximum absolute atomic E-state index is 13.4. The van der Waals surface area contributed by atoms with Crippen molar-refractivity contribution in [3.63, 3.8) is 0 Å². The van der Waals surface area contributed by atoms with Gasteiger partial charge in [-0.1, -0.05) is 0 Å². The lowest BCUT2D eigenvalue weighted by Crippen LogP contribution is -2.21. The summed E-state index contributed by atoms with van der Waals surface area (Å²) in [5.41, 5.74) is -0.0729. The van der Waals surface area contributed by atoms with E-state index >= 15 is 0 Å². The lowest BCUT2D eigenvalue weighted by atomic mass is 10.1. The molecule has 4 rings (SSSR count). The van der Waals surface area contributed by atoms with Crippen molar-refractivity contribution in [1.29, 1.82) is 0 Å². The molecule has 34 heavy (non-hydrogen) atoms. The maximum atomic E-state index is 13.4. The molecule has 3 heterocycles. The smallest absolute Gasteiger partial charge is 0.475 e. The highest BCUT2D eigenvalue weighted by molar-refractivity contribution is 5.92. The molecule has 178 valence electrons. The van der Waals surface area contributed by atoms with Crippen LogP contribution in [0.3, 0.4) is 0 Å². The number of hydrogen-bond acceptors (Lipinski definition) is 5. The van der Waals surface area contributed by atoms with Gasteiger partial charge in [0.2, 0.25) is 0 Å². The Kier molecular flexibility index (Phi) is 6.29. The van der Waals surface area contributed by atoms with Crippen LogP contribution >= 0.6 is 0 Å². The molecular formula is C19H11F6N5O4. The van der Waals surface area contributed by atoms with Gasteiger partial charge in [-0.2, -0.15) is 31.4 Å².